The zero-order valence-corrected chi connectivity index (χ0v) is 15.6. The SMILES string of the molecule is CCOC(=O)[C@@](O)(CC1=CC(=O)OC(C)(C)O1)c1cc2ccccc2s1. The van der Waals surface area contributed by atoms with Gasteiger partial charge in [0.05, 0.1) is 19.1 Å². The summed E-state index contributed by atoms with van der Waals surface area (Å²) in [6, 6.07) is 9.33. The standard InChI is InChI=1S/C19H20O6S/c1-4-23-17(21)19(22,11-13-10-16(20)25-18(2,3)24-13)15-9-12-7-5-6-8-14(12)26-15/h5-10,22H,4,11H2,1-3H3/t19-/m1/s1. The van der Waals surface area contributed by atoms with E-state index >= 15 is 0 Å². The van der Waals surface area contributed by atoms with E-state index in [0.717, 1.165) is 16.2 Å². The van der Waals surface area contributed by atoms with Crippen molar-refractivity contribution in [1.82, 2.24) is 0 Å². The fraction of sp³-hybridized carbons (Fsp3) is 0.368. The van der Waals surface area contributed by atoms with Crippen LogP contribution in [-0.2, 0) is 29.4 Å². The molecule has 2 aromatic rings. The number of thiophene rings is 1. The molecule has 0 saturated carbocycles. The minimum Gasteiger partial charge on any atom is -0.464 e. The molecule has 0 saturated heterocycles. The van der Waals surface area contributed by atoms with Crippen LogP contribution in [0.4, 0.5) is 0 Å². The fourth-order valence-corrected chi connectivity index (χ4v) is 3.94. The number of carbonyl (C=O) groups is 2. The van der Waals surface area contributed by atoms with Gasteiger partial charge in [0.2, 0.25) is 11.4 Å². The van der Waals surface area contributed by atoms with Crippen LogP contribution in [-0.4, -0.2) is 29.4 Å². The monoisotopic (exact) mass is 376 g/mol. The Morgan fingerprint density at radius 1 is 1.31 bits per heavy atom. The van der Waals surface area contributed by atoms with Gasteiger partial charge in [-0.2, -0.15) is 0 Å². The zero-order chi connectivity index (χ0) is 18.9. The predicted octanol–water partition coefficient (Wildman–Crippen LogP) is 3.24. The summed E-state index contributed by atoms with van der Waals surface area (Å²) in [5.74, 6) is -2.37. The van der Waals surface area contributed by atoms with Crippen LogP contribution in [0.15, 0.2) is 42.2 Å². The van der Waals surface area contributed by atoms with Crippen LogP contribution in [0.5, 0.6) is 0 Å². The summed E-state index contributed by atoms with van der Waals surface area (Å²) in [6.07, 6.45) is 0.917. The van der Waals surface area contributed by atoms with Crippen molar-refractivity contribution < 1.29 is 28.9 Å². The highest BCUT2D eigenvalue weighted by molar-refractivity contribution is 7.19. The van der Waals surface area contributed by atoms with Crippen LogP contribution < -0.4 is 0 Å². The molecule has 0 amide bonds. The first-order chi connectivity index (χ1) is 12.2. The van der Waals surface area contributed by atoms with Crippen LogP contribution >= 0.6 is 11.3 Å². The second kappa shape index (κ2) is 6.74. The number of carbonyl (C=O) groups excluding carboxylic acids is 2. The van der Waals surface area contributed by atoms with Crippen molar-refractivity contribution in [2.45, 2.75) is 38.6 Å². The van der Waals surface area contributed by atoms with E-state index in [9.17, 15) is 14.7 Å². The van der Waals surface area contributed by atoms with Gasteiger partial charge >= 0.3 is 11.9 Å². The van der Waals surface area contributed by atoms with Crippen molar-refractivity contribution in [3.8, 4) is 0 Å². The second-order valence-corrected chi connectivity index (χ2v) is 7.52. The van der Waals surface area contributed by atoms with Gasteiger partial charge in [-0.25, -0.2) is 9.59 Å². The molecule has 1 N–H and O–H groups in total. The molecular weight excluding hydrogens is 356 g/mol. The van der Waals surface area contributed by atoms with E-state index in [1.54, 1.807) is 26.8 Å². The molecule has 0 radical (unpaired) electrons. The molecule has 0 unspecified atom stereocenters. The van der Waals surface area contributed by atoms with E-state index in [2.05, 4.69) is 0 Å². The Balaban J connectivity index is 2.01. The van der Waals surface area contributed by atoms with E-state index in [-0.39, 0.29) is 18.8 Å². The van der Waals surface area contributed by atoms with Gasteiger partial charge in [0.25, 0.3) is 0 Å². The Bertz CT molecular complexity index is 848. The van der Waals surface area contributed by atoms with Gasteiger partial charge in [-0.3, -0.25) is 0 Å². The number of rotatable bonds is 5. The average Bonchev–Trinajstić information content (AvgIpc) is 2.97. The van der Waals surface area contributed by atoms with Crippen LogP contribution in [0.2, 0.25) is 0 Å². The first-order valence-electron chi connectivity index (χ1n) is 8.25. The lowest BCUT2D eigenvalue weighted by Gasteiger charge is -2.33. The maximum atomic E-state index is 12.6. The minimum absolute atomic E-state index is 0.124. The number of cyclic esters (lactones) is 1. The van der Waals surface area contributed by atoms with E-state index < -0.39 is 23.3 Å². The molecule has 26 heavy (non-hydrogen) atoms. The zero-order valence-electron chi connectivity index (χ0n) is 14.8. The average molecular weight is 376 g/mol. The van der Waals surface area contributed by atoms with Crippen LogP contribution in [0.25, 0.3) is 10.1 Å². The Kier molecular flexibility index (Phi) is 4.77. The van der Waals surface area contributed by atoms with Crippen LogP contribution in [0, 0.1) is 0 Å². The van der Waals surface area contributed by atoms with Gasteiger partial charge in [0.15, 0.2) is 0 Å². The number of fused-ring (bicyclic) bond motifs is 1. The molecule has 3 rings (SSSR count). The van der Waals surface area contributed by atoms with Gasteiger partial charge in [-0.05, 0) is 24.4 Å². The predicted molar refractivity (Wildman–Crippen MR) is 96.3 cm³/mol. The van der Waals surface area contributed by atoms with Gasteiger partial charge in [-0.15, -0.1) is 11.3 Å². The molecule has 7 heteroatoms. The summed E-state index contributed by atoms with van der Waals surface area (Å²) < 4.78 is 16.7. The highest BCUT2D eigenvalue weighted by atomic mass is 32.1. The van der Waals surface area contributed by atoms with E-state index in [1.807, 2.05) is 24.3 Å². The van der Waals surface area contributed by atoms with Crippen LogP contribution in [0.3, 0.4) is 0 Å². The van der Waals surface area contributed by atoms with Crippen molar-refractivity contribution in [2.75, 3.05) is 6.61 Å². The molecule has 1 atom stereocenters. The molecule has 138 valence electrons. The van der Waals surface area contributed by atoms with Crippen molar-refractivity contribution in [3.05, 3.63) is 47.0 Å². The molecule has 1 aromatic carbocycles. The first kappa shape index (κ1) is 18.4. The molecule has 1 aliphatic rings. The van der Waals surface area contributed by atoms with Gasteiger partial charge < -0.3 is 19.3 Å². The third-order valence-electron chi connectivity index (χ3n) is 3.88. The van der Waals surface area contributed by atoms with E-state index in [0.29, 0.717) is 4.88 Å². The van der Waals surface area contributed by atoms with Crippen molar-refractivity contribution >= 4 is 33.4 Å². The van der Waals surface area contributed by atoms with Gasteiger partial charge in [-0.1, -0.05) is 18.2 Å². The Hall–Kier alpha value is -2.38. The third kappa shape index (κ3) is 3.59. The summed E-state index contributed by atoms with van der Waals surface area (Å²) in [5.41, 5.74) is -1.96. The van der Waals surface area contributed by atoms with Gasteiger partial charge in [0.1, 0.15) is 5.76 Å². The van der Waals surface area contributed by atoms with E-state index in [4.69, 9.17) is 14.2 Å². The number of hydrogen-bond acceptors (Lipinski definition) is 7. The first-order valence-corrected chi connectivity index (χ1v) is 9.06. The number of hydrogen-bond donors (Lipinski definition) is 1. The lowest BCUT2D eigenvalue weighted by Crippen LogP contribution is -2.40. The highest BCUT2D eigenvalue weighted by Crippen LogP contribution is 2.39. The lowest BCUT2D eigenvalue weighted by molar-refractivity contribution is -0.209. The molecule has 6 nitrogen and oxygen atoms in total. The summed E-state index contributed by atoms with van der Waals surface area (Å²) >= 11 is 1.30. The highest BCUT2D eigenvalue weighted by Gasteiger charge is 2.44. The Morgan fingerprint density at radius 3 is 2.69 bits per heavy atom. The summed E-state index contributed by atoms with van der Waals surface area (Å²) in [4.78, 5) is 24.8. The number of benzene rings is 1. The minimum atomic E-state index is -1.96. The fourth-order valence-electron chi connectivity index (χ4n) is 2.80. The smallest absolute Gasteiger partial charge is 0.344 e. The molecular formula is C19H20O6S. The summed E-state index contributed by atoms with van der Waals surface area (Å²) in [5, 5.41) is 12.2. The molecule has 2 heterocycles. The molecule has 0 fully saturated rings. The quantitative estimate of drug-likeness (QED) is 0.807. The second-order valence-electron chi connectivity index (χ2n) is 6.44. The third-order valence-corrected chi connectivity index (χ3v) is 5.15. The summed E-state index contributed by atoms with van der Waals surface area (Å²) in [7, 11) is 0. The Morgan fingerprint density at radius 2 is 2.04 bits per heavy atom. The van der Waals surface area contributed by atoms with Crippen molar-refractivity contribution in [2.24, 2.45) is 0 Å². The van der Waals surface area contributed by atoms with Crippen molar-refractivity contribution in [3.63, 3.8) is 0 Å². The lowest BCUT2D eigenvalue weighted by atomic mass is 9.95. The molecule has 1 aliphatic heterocycles. The topological polar surface area (TPSA) is 82.1 Å². The maximum Gasteiger partial charge on any atom is 0.344 e. The largest absolute Gasteiger partial charge is 0.464 e. The normalized spacial score (nSPS) is 18.5. The Labute approximate surface area is 155 Å². The van der Waals surface area contributed by atoms with Gasteiger partial charge in [0, 0.05) is 23.4 Å². The maximum absolute atomic E-state index is 12.6. The molecule has 0 aliphatic carbocycles. The molecule has 0 bridgehead atoms. The summed E-state index contributed by atoms with van der Waals surface area (Å²) in [6.45, 7) is 4.96. The number of esters is 2. The van der Waals surface area contributed by atoms with Crippen molar-refractivity contribution in [1.29, 1.82) is 0 Å². The molecule has 1 aromatic heterocycles. The molecule has 0 spiro atoms. The van der Waals surface area contributed by atoms with Crippen LogP contribution in [0.1, 0.15) is 32.1 Å². The van der Waals surface area contributed by atoms with E-state index in [1.165, 1.54) is 11.3 Å². The number of ether oxygens (including phenoxy) is 3. The number of aliphatic hydroxyl groups is 1.